The van der Waals surface area contributed by atoms with Crippen LogP contribution < -0.4 is 20.3 Å². The third kappa shape index (κ3) is 5.09. The van der Waals surface area contributed by atoms with E-state index in [1.54, 1.807) is 31.4 Å². The van der Waals surface area contributed by atoms with Gasteiger partial charge in [0.25, 0.3) is 0 Å². The normalized spacial score (nSPS) is 15.5. The van der Waals surface area contributed by atoms with Crippen LogP contribution in [0.2, 0.25) is 0 Å². The summed E-state index contributed by atoms with van der Waals surface area (Å²) in [6.07, 6.45) is 0.167. The average molecular weight is 464 g/mol. The maximum Gasteiger partial charge on any atom is 0.247 e. The number of nitrogens with one attached hydrogen (secondary N) is 2. The maximum atomic E-state index is 12.9. The summed E-state index contributed by atoms with van der Waals surface area (Å²) in [5.41, 5.74) is 2.29. The number of methoxy groups -OCH3 is 1. The van der Waals surface area contributed by atoms with Crippen molar-refractivity contribution in [2.24, 2.45) is 0 Å². The van der Waals surface area contributed by atoms with Gasteiger partial charge in [0.05, 0.1) is 18.0 Å². The van der Waals surface area contributed by atoms with Crippen LogP contribution in [0.25, 0.3) is 0 Å². The third-order valence-corrected chi connectivity index (χ3v) is 6.26. The van der Waals surface area contributed by atoms with Crippen LogP contribution in [-0.4, -0.2) is 29.3 Å². The molecule has 3 aromatic carbocycles. The number of hydrogen-bond donors (Lipinski definition) is 2. The van der Waals surface area contributed by atoms with Gasteiger partial charge in [-0.3, -0.25) is 9.59 Å². The Hall–Kier alpha value is -3.36. The molecule has 2 amide bonds. The summed E-state index contributed by atoms with van der Waals surface area (Å²) in [5, 5.41) is 6.29. The first kappa shape index (κ1) is 21.9. The lowest BCUT2D eigenvalue weighted by atomic mass is 10.3. The zero-order valence-corrected chi connectivity index (χ0v) is 18.9. The molecule has 0 radical (unpaired) electrons. The minimum atomic E-state index is -0.454. The van der Waals surface area contributed by atoms with Crippen molar-refractivity contribution in [3.8, 4) is 5.75 Å². The number of carbonyl (C=O) groups excluding carboxylic acids is 2. The van der Waals surface area contributed by atoms with Crippen molar-refractivity contribution in [3.63, 3.8) is 0 Å². The summed E-state index contributed by atoms with van der Waals surface area (Å²) in [6, 6.07) is 24.2. The van der Waals surface area contributed by atoms with Gasteiger partial charge in [-0.25, -0.2) is 4.90 Å². The van der Waals surface area contributed by atoms with Crippen LogP contribution in [0.3, 0.4) is 0 Å². The number of rotatable bonds is 6. The highest BCUT2D eigenvalue weighted by atomic mass is 32.2. The number of benzene rings is 3. The van der Waals surface area contributed by atoms with E-state index in [4.69, 9.17) is 17.0 Å². The second-order valence-electron chi connectivity index (χ2n) is 7.05. The summed E-state index contributed by atoms with van der Waals surface area (Å²) in [4.78, 5) is 27.5. The fraction of sp³-hybridized carbons (Fsp3) is 0.125. The molecule has 1 aliphatic rings. The lowest BCUT2D eigenvalue weighted by Crippen LogP contribution is -2.31. The predicted octanol–water partition coefficient (Wildman–Crippen LogP) is 4.93. The molecular weight excluding hydrogens is 442 g/mol. The monoisotopic (exact) mass is 463 g/mol. The van der Waals surface area contributed by atoms with E-state index in [2.05, 4.69) is 10.6 Å². The van der Waals surface area contributed by atoms with Crippen molar-refractivity contribution >= 4 is 58.0 Å². The Morgan fingerprint density at radius 1 is 0.938 bits per heavy atom. The Kier molecular flexibility index (Phi) is 6.72. The van der Waals surface area contributed by atoms with Gasteiger partial charge < -0.3 is 15.4 Å². The summed E-state index contributed by atoms with van der Waals surface area (Å²) in [7, 11) is 1.57. The Bertz CT molecular complexity index is 1120. The molecule has 1 atom stereocenters. The summed E-state index contributed by atoms with van der Waals surface area (Å²) in [5.74, 6) is 0.264. The third-order valence-electron chi connectivity index (χ3n) is 4.86. The molecule has 0 bridgehead atoms. The highest BCUT2D eigenvalue weighted by Crippen LogP contribution is 2.34. The van der Waals surface area contributed by atoms with Crippen LogP contribution in [0.4, 0.5) is 17.1 Å². The van der Waals surface area contributed by atoms with Gasteiger partial charge in [-0.15, -0.1) is 11.8 Å². The number of para-hydroxylation sites is 1. The van der Waals surface area contributed by atoms with Crippen LogP contribution in [-0.2, 0) is 9.59 Å². The van der Waals surface area contributed by atoms with Crippen LogP contribution in [0.1, 0.15) is 6.42 Å². The van der Waals surface area contributed by atoms with Gasteiger partial charge in [0, 0.05) is 22.7 Å². The molecule has 1 saturated heterocycles. The fourth-order valence-corrected chi connectivity index (χ4v) is 4.58. The van der Waals surface area contributed by atoms with Gasteiger partial charge in [-0.05, 0) is 72.9 Å². The number of hydrogen-bond acceptors (Lipinski definition) is 5. The van der Waals surface area contributed by atoms with Gasteiger partial charge in [-0.2, -0.15) is 0 Å². The minimum absolute atomic E-state index is 0.167. The van der Waals surface area contributed by atoms with E-state index in [0.29, 0.717) is 16.5 Å². The SMILES string of the molecule is COc1ccc(N2C(=O)C[C@@H](Sc3ccc(NC(=S)Nc4ccccc4)cc3)C2=O)cc1. The van der Waals surface area contributed by atoms with Gasteiger partial charge in [0.1, 0.15) is 5.75 Å². The number of amides is 2. The molecule has 162 valence electrons. The number of thiocarbonyl (C=S) groups is 1. The molecule has 0 aromatic heterocycles. The van der Waals surface area contributed by atoms with E-state index in [0.717, 1.165) is 16.3 Å². The van der Waals surface area contributed by atoms with Crippen LogP contribution in [0.5, 0.6) is 5.75 Å². The van der Waals surface area contributed by atoms with Gasteiger partial charge >= 0.3 is 0 Å². The number of imide groups is 1. The van der Waals surface area contributed by atoms with Gasteiger partial charge in [0.15, 0.2) is 5.11 Å². The van der Waals surface area contributed by atoms with Crippen molar-refractivity contribution in [2.75, 3.05) is 22.6 Å². The molecule has 32 heavy (non-hydrogen) atoms. The van der Waals surface area contributed by atoms with E-state index in [1.165, 1.54) is 16.7 Å². The van der Waals surface area contributed by atoms with E-state index in [-0.39, 0.29) is 18.2 Å². The minimum Gasteiger partial charge on any atom is -0.497 e. The highest BCUT2D eigenvalue weighted by Gasteiger charge is 2.40. The molecule has 0 unspecified atom stereocenters. The molecule has 0 spiro atoms. The van der Waals surface area contributed by atoms with Crippen LogP contribution >= 0.6 is 24.0 Å². The van der Waals surface area contributed by atoms with Crippen molar-refractivity contribution in [2.45, 2.75) is 16.6 Å². The maximum absolute atomic E-state index is 12.9. The number of carbonyl (C=O) groups is 2. The Labute approximate surface area is 196 Å². The summed E-state index contributed by atoms with van der Waals surface area (Å²) in [6.45, 7) is 0. The van der Waals surface area contributed by atoms with Crippen molar-refractivity contribution in [1.82, 2.24) is 0 Å². The zero-order valence-electron chi connectivity index (χ0n) is 17.3. The lowest BCUT2D eigenvalue weighted by Gasteiger charge is -2.15. The summed E-state index contributed by atoms with van der Waals surface area (Å²) >= 11 is 6.73. The summed E-state index contributed by atoms with van der Waals surface area (Å²) < 4.78 is 5.14. The van der Waals surface area contributed by atoms with Crippen LogP contribution in [0.15, 0.2) is 83.8 Å². The molecule has 8 heteroatoms. The molecule has 2 N–H and O–H groups in total. The van der Waals surface area contributed by atoms with E-state index >= 15 is 0 Å². The number of anilines is 3. The first-order valence-electron chi connectivity index (χ1n) is 9.94. The molecule has 1 heterocycles. The standard InChI is InChI=1S/C24H21N3O3S2/c1-30-19-11-9-18(10-12-19)27-22(28)15-21(23(27)29)32-20-13-7-17(8-14-20)26-24(31)25-16-5-3-2-4-6-16/h2-14,21H,15H2,1H3,(H2,25,26,31)/t21-/m1/s1. The molecule has 6 nitrogen and oxygen atoms in total. The van der Waals surface area contributed by atoms with Gasteiger partial charge in [0.2, 0.25) is 11.8 Å². The van der Waals surface area contributed by atoms with Crippen molar-refractivity contribution in [3.05, 3.63) is 78.9 Å². The molecule has 0 saturated carbocycles. The molecule has 1 aliphatic heterocycles. The highest BCUT2D eigenvalue weighted by molar-refractivity contribution is 8.00. The molecule has 0 aliphatic carbocycles. The number of thioether (sulfide) groups is 1. The second kappa shape index (κ2) is 9.84. The first-order valence-corrected chi connectivity index (χ1v) is 11.2. The fourth-order valence-electron chi connectivity index (χ4n) is 3.29. The Morgan fingerprint density at radius 2 is 1.56 bits per heavy atom. The van der Waals surface area contributed by atoms with E-state index in [1.807, 2.05) is 54.6 Å². The Morgan fingerprint density at radius 3 is 2.19 bits per heavy atom. The molecule has 1 fully saturated rings. The predicted molar refractivity (Wildman–Crippen MR) is 132 cm³/mol. The van der Waals surface area contributed by atoms with E-state index in [9.17, 15) is 9.59 Å². The first-order chi connectivity index (χ1) is 15.5. The number of nitrogens with zero attached hydrogens (tertiary/aromatic N) is 1. The van der Waals surface area contributed by atoms with Crippen molar-refractivity contribution in [1.29, 1.82) is 0 Å². The quantitative estimate of drug-likeness (QED) is 0.397. The lowest BCUT2D eigenvalue weighted by molar-refractivity contribution is -0.121. The zero-order chi connectivity index (χ0) is 22.5. The molecule has 4 rings (SSSR count). The van der Waals surface area contributed by atoms with E-state index < -0.39 is 5.25 Å². The average Bonchev–Trinajstić information content (AvgIpc) is 3.08. The molecule has 3 aromatic rings. The molecular formula is C24H21N3O3S2. The topological polar surface area (TPSA) is 70.7 Å². The van der Waals surface area contributed by atoms with Crippen molar-refractivity contribution < 1.29 is 14.3 Å². The second-order valence-corrected chi connectivity index (χ2v) is 8.73. The van der Waals surface area contributed by atoms with Crippen LogP contribution in [0, 0.1) is 0 Å². The number of ether oxygens (including phenoxy) is 1. The largest absolute Gasteiger partial charge is 0.497 e. The Balaban J connectivity index is 1.36. The van der Waals surface area contributed by atoms with Gasteiger partial charge in [-0.1, -0.05) is 18.2 Å². The smallest absolute Gasteiger partial charge is 0.247 e.